The van der Waals surface area contributed by atoms with Crippen molar-refractivity contribution in [2.24, 2.45) is 0 Å². The number of halogens is 2. The van der Waals surface area contributed by atoms with Crippen LogP contribution in [0.2, 0.25) is 10.0 Å². The molecular formula is C16H18Cl2NO3+. The Morgan fingerprint density at radius 2 is 1.86 bits per heavy atom. The van der Waals surface area contributed by atoms with Crippen LogP contribution >= 0.6 is 23.2 Å². The summed E-state index contributed by atoms with van der Waals surface area (Å²) in [6.07, 6.45) is 2.83. The van der Waals surface area contributed by atoms with E-state index < -0.39 is 6.10 Å². The molecule has 2 aromatic rings. The molecule has 1 aromatic carbocycles. The number of hydrogen-bond acceptors (Lipinski definition) is 3. The van der Waals surface area contributed by atoms with Gasteiger partial charge in [0.25, 0.3) is 0 Å². The van der Waals surface area contributed by atoms with Crippen molar-refractivity contribution < 1.29 is 19.6 Å². The second-order valence-corrected chi connectivity index (χ2v) is 5.51. The van der Waals surface area contributed by atoms with Crippen molar-refractivity contribution in [3.05, 3.63) is 51.8 Å². The van der Waals surface area contributed by atoms with Crippen LogP contribution in [0.25, 0.3) is 0 Å². The minimum Gasteiger partial charge on any atom is -0.493 e. The first-order chi connectivity index (χ1) is 10.6. The van der Waals surface area contributed by atoms with E-state index in [-0.39, 0.29) is 0 Å². The van der Waals surface area contributed by atoms with E-state index in [1.54, 1.807) is 37.7 Å². The first kappa shape index (κ1) is 16.9. The Balaban J connectivity index is 2.26. The number of pyridine rings is 1. The van der Waals surface area contributed by atoms with E-state index in [4.69, 9.17) is 32.7 Å². The van der Waals surface area contributed by atoms with Crippen LogP contribution in [0.4, 0.5) is 0 Å². The number of ether oxygens (including phenoxy) is 2. The highest BCUT2D eigenvalue weighted by Crippen LogP contribution is 2.33. The number of H-pyrrole nitrogens is 1. The summed E-state index contributed by atoms with van der Waals surface area (Å²) in [5.41, 5.74) is 1.41. The third-order valence-corrected chi connectivity index (χ3v) is 3.94. The van der Waals surface area contributed by atoms with Gasteiger partial charge >= 0.3 is 0 Å². The van der Waals surface area contributed by atoms with Crippen LogP contribution in [0.3, 0.4) is 0 Å². The second kappa shape index (κ2) is 7.68. The van der Waals surface area contributed by atoms with Gasteiger partial charge in [0.15, 0.2) is 23.9 Å². The standard InChI is InChI=1S/C16H17Cl2NO3/c1-3-22-16-6-10(4-5-15(16)21-2)14(20)7-11-12(17)8-19-9-13(11)18/h4-6,8-9,14,20H,3,7H2,1-2H3/p+1. The summed E-state index contributed by atoms with van der Waals surface area (Å²) in [5, 5.41) is 11.4. The topological polar surface area (TPSA) is 52.8 Å². The maximum Gasteiger partial charge on any atom is 0.186 e. The molecule has 2 N–H and O–H groups in total. The molecule has 4 nitrogen and oxygen atoms in total. The Hall–Kier alpha value is -1.49. The van der Waals surface area contributed by atoms with Crippen molar-refractivity contribution >= 4 is 23.2 Å². The van der Waals surface area contributed by atoms with Crippen LogP contribution in [0.5, 0.6) is 11.5 Å². The smallest absolute Gasteiger partial charge is 0.186 e. The molecule has 0 aliphatic rings. The number of benzene rings is 1. The van der Waals surface area contributed by atoms with Gasteiger partial charge < -0.3 is 14.6 Å². The van der Waals surface area contributed by atoms with Gasteiger partial charge in [0.05, 0.1) is 19.8 Å². The summed E-state index contributed by atoms with van der Waals surface area (Å²) >= 11 is 12.2. The van der Waals surface area contributed by atoms with Gasteiger partial charge in [-0.15, -0.1) is 0 Å². The molecule has 1 atom stereocenters. The number of aromatic nitrogens is 1. The van der Waals surface area contributed by atoms with Crippen LogP contribution in [0.1, 0.15) is 24.2 Å². The average molecular weight is 343 g/mol. The molecule has 0 spiro atoms. The first-order valence-corrected chi connectivity index (χ1v) is 7.65. The lowest BCUT2D eigenvalue weighted by Crippen LogP contribution is -2.08. The van der Waals surface area contributed by atoms with Crippen molar-refractivity contribution in [2.75, 3.05) is 13.7 Å². The normalized spacial score (nSPS) is 12.0. The molecule has 1 heterocycles. The third-order valence-electron chi connectivity index (χ3n) is 3.27. The van der Waals surface area contributed by atoms with Gasteiger partial charge in [-0.1, -0.05) is 29.3 Å². The van der Waals surface area contributed by atoms with E-state index in [2.05, 4.69) is 4.98 Å². The molecule has 0 aliphatic heterocycles. The Morgan fingerprint density at radius 1 is 1.18 bits per heavy atom. The number of nitrogens with one attached hydrogen (secondary N) is 1. The van der Waals surface area contributed by atoms with E-state index in [9.17, 15) is 5.11 Å². The van der Waals surface area contributed by atoms with Gasteiger partial charge in [-0.3, -0.25) is 0 Å². The quantitative estimate of drug-likeness (QED) is 0.874. The number of aliphatic hydroxyl groups is 1. The highest BCUT2D eigenvalue weighted by Gasteiger charge is 2.17. The van der Waals surface area contributed by atoms with Crippen LogP contribution in [-0.4, -0.2) is 18.8 Å². The summed E-state index contributed by atoms with van der Waals surface area (Å²) < 4.78 is 10.8. The lowest BCUT2D eigenvalue weighted by Gasteiger charge is -2.15. The molecule has 22 heavy (non-hydrogen) atoms. The largest absolute Gasteiger partial charge is 0.493 e. The fourth-order valence-corrected chi connectivity index (χ4v) is 2.68. The second-order valence-electron chi connectivity index (χ2n) is 4.69. The Labute approximate surface area is 139 Å². The van der Waals surface area contributed by atoms with Crippen LogP contribution in [0, 0.1) is 0 Å². The Morgan fingerprint density at radius 3 is 2.45 bits per heavy atom. The van der Waals surface area contributed by atoms with Crippen LogP contribution in [0.15, 0.2) is 30.6 Å². The third kappa shape index (κ3) is 3.83. The van der Waals surface area contributed by atoms with Crippen molar-refractivity contribution in [1.29, 1.82) is 0 Å². The van der Waals surface area contributed by atoms with E-state index in [1.165, 1.54) is 0 Å². The first-order valence-electron chi connectivity index (χ1n) is 6.89. The highest BCUT2D eigenvalue weighted by molar-refractivity contribution is 6.35. The lowest BCUT2D eigenvalue weighted by molar-refractivity contribution is -0.377. The van der Waals surface area contributed by atoms with Crippen LogP contribution < -0.4 is 14.5 Å². The zero-order valence-electron chi connectivity index (χ0n) is 12.4. The monoisotopic (exact) mass is 342 g/mol. The molecule has 0 aliphatic carbocycles. The molecule has 2 rings (SSSR count). The predicted molar refractivity (Wildman–Crippen MR) is 85.8 cm³/mol. The Bertz CT molecular complexity index is 629. The minimum absolute atomic E-state index is 0.310. The molecule has 6 heteroatoms. The fourth-order valence-electron chi connectivity index (χ4n) is 2.15. The number of hydrogen-bond donors (Lipinski definition) is 1. The number of aromatic amines is 1. The molecule has 0 saturated carbocycles. The van der Waals surface area contributed by atoms with Crippen molar-refractivity contribution in [2.45, 2.75) is 19.4 Å². The maximum atomic E-state index is 10.5. The molecule has 1 unspecified atom stereocenters. The lowest BCUT2D eigenvalue weighted by atomic mass is 10.0. The molecule has 0 bridgehead atoms. The summed E-state index contributed by atoms with van der Waals surface area (Å²) in [5.74, 6) is 1.23. The summed E-state index contributed by atoms with van der Waals surface area (Å²) in [4.78, 5) is 2.84. The van der Waals surface area contributed by atoms with Crippen molar-refractivity contribution in [1.82, 2.24) is 0 Å². The summed E-state index contributed by atoms with van der Waals surface area (Å²) in [6.45, 7) is 2.41. The molecule has 0 radical (unpaired) electrons. The van der Waals surface area contributed by atoms with Crippen molar-refractivity contribution in [3.63, 3.8) is 0 Å². The summed E-state index contributed by atoms with van der Waals surface area (Å²) in [6, 6.07) is 5.33. The van der Waals surface area contributed by atoms with Gasteiger partial charge in [0.1, 0.15) is 10.0 Å². The number of methoxy groups -OCH3 is 1. The molecule has 118 valence electrons. The zero-order valence-corrected chi connectivity index (χ0v) is 13.9. The van der Waals surface area contributed by atoms with Gasteiger partial charge in [0, 0.05) is 12.0 Å². The van der Waals surface area contributed by atoms with Crippen LogP contribution in [-0.2, 0) is 6.42 Å². The van der Waals surface area contributed by atoms with Crippen molar-refractivity contribution in [3.8, 4) is 11.5 Å². The van der Waals surface area contributed by atoms with Gasteiger partial charge in [0.2, 0.25) is 0 Å². The maximum absolute atomic E-state index is 10.5. The number of aliphatic hydroxyl groups excluding tert-OH is 1. The molecule has 0 fully saturated rings. The van der Waals surface area contributed by atoms with Gasteiger partial charge in [-0.25, -0.2) is 4.98 Å². The van der Waals surface area contributed by atoms with E-state index in [0.29, 0.717) is 45.7 Å². The molecule has 0 amide bonds. The summed E-state index contributed by atoms with van der Waals surface area (Å²) in [7, 11) is 1.58. The van der Waals surface area contributed by atoms with E-state index >= 15 is 0 Å². The number of rotatable bonds is 6. The molecule has 1 aromatic heterocycles. The Kier molecular flexibility index (Phi) is 5.89. The van der Waals surface area contributed by atoms with E-state index in [1.807, 2.05) is 6.92 Å². The van der Waals surface area contributed by atoms with Gasteiger partial charge in [-0.2, -0.15) is 0 Å². The predicted octanol–water partition coefficient (Wildman–Crippen LogP) is 3.49. The fraction of sp³-hybridized carbons (Fsp3) is 0.312. The highest BCUT2D eigenvalue weighted by atomic mass is 35.5. The minimum atomic E-state index is -0.748. The SMILES string of the molecule is CCOc1cc(C(O)Cc2c(Cl)c[nH+]cc2Cl)ccc1OC. The van der Waals surface area contributed by atoms with Gasteiger partial charge in [-0.05, 0) is 24.6 Å². The van der Waals surface area contributed by atoms with E-state index in [0.717, 1.165) is 0 Å². The molecular weight excluding hydrogens is 325 g/mol. The zero-order chi connectivity index (χ0) is 16.1. The molecule has 0 saturated heterocycles. The average Bonchev–Trinajstić information content (AvgIpc) is 2.51.